The number of nitrogens with one attached hydrogen (secondary N) is 5. The van der Waals surface area contributed by atoms with E-state index in [4.69, 9.17) is 5.73 Å². The van der Waals surface area contributed by atoms with Gasteiger partial charge in [-0.2, -0.15) is 0 Å². The monoisotopic (exact) mass is 601 g/mol. The SMILES string of the molecule is CC(C)CC(NC(=O)C(N)Cc1c[nH]c2ccccc12)C(=O)NC(Cc1ccccc1)C(=O)NC(Cc1cnc[nH]1)C(=O)O. The molecule has 232 valence electrons. The number of hydrogen-bond acceptors (Lipinski definition) is 6. The third kappa shape index (κ3) is 8.77. The van der Waals surface area contributed by atoms with Gasteiger partial charge in [-0.15, -0.1) is 0 Å². The van der Waals surface area contributed by atoms with Gasteiger partial charge in [0.05, 0.1) is 12.4 Å². The van der Waals surface area contributed by atoms with Crippen LogP contribution in [0.1, 0.15) is 37.1 Å². The molecular formula is C32H39N7O5. The molecule has 8 N–H and O–H groups in total. The molecule has 44 heavy (non-hydrogen) atoms. The van der Waals surface area contributed by atoms with E-state index >= 15 is 0 Å². The molecule has 3 amide bonds. The Morgan fingerprint density at radius 2 is 1.48 bits per heavy atom. The van der Waals surface area contributed by atoms with Gasteiger partial charge in [0, 0.05) is 41.8 Å². The summed E-state index contributed by atoms with van der Waals surface area (Å²) in [6.45, 7) is 3.83. The van der Waals surface area contributed by atoms with Gasteiger partial charge in [0.15, 0.2) is 0 Å². The van der Waals surface area contributed by atoms with E-state index in [9.17, 15) is 24.3 Å². The summed E-state index contributed by atoms with van der Waals surface area (Å²) in [5, 5.41) is 18.8. The predicted octanol–water partition coefficient (Wildman–Crippen LogP) is 1.83. The van der Waals surface area contributed by atoms with E-state index < -0.39 is 47.9 Å². The second kappa shape index (κ2) is 15.0. The number of rotatable bonds is 15. The largest absolute Gasteiger partial charge is 0.480 e. The van der Waals surface area contributed by atoms with Crippen LogP contribution in [0.25, 0.3) is 10.9 Å². The number of carbonyl (C=O) groups excluding carboxylic acids is 3. The highest BCUT2D eigenvalue weighted by molar-refractivity contribution is 5.94. The first-order valence-corrected chi connectivity index (χ1v) is 14.6. The summed E-state index contributed by atoms with van der Waals surface area (Å²) >= 11 is 0. The molecular weight excluding hydrogens is 562 g/mol. The average Bonchev–Trinajstić information content (AvgIpc) is 3.66. The maximum Gasteiger partial charge on any atom is 0.326 e. The van der Waals surface area contributed by atoms with Crippen LogP contribution in [0, 0.1) is 5.92 Å². The summed E-state index contributed by atoms with van der Waals surface area (Å²) in [4.78, 5) is 62.2. The van der Waals surface area contributed by atoms with Crippen molar-refractivity contribution < 1.29 is 24.3 Å². The Labute approximate surface area is 255 Å². The molecule has 0 saturated heterocycles. The fourth-order valence-electron chi connectivity index (χ4n) is 5.03. The molecule has 12 nitrogen and oxygen atoms in total. The van der Waals surface area contributed by atoms with E-state index in [1.54, 1.807) is 12.1 Å². The Morgan fingerprint density at radius 3 is 2.16 bits per heavy atom. The number of aromatic nitrogens is 3. The Hall–Kier alpha value is -4.97. The lowest BCUT2D eigenvalue weighted by Gasteiger charge is -2.26. The minimum atomic E-state index is -1.26. The van der Waals surface area contributed by atoms with Crippen molar-refractivity contribution >= 4 is 34.6 Å². The molecule has 4 aromatic rings. The van der Waals surface area contributed by atoms with Gasteiger partial charge in [0.25, 0.3) is 0 Å². The second-order valence-electron chi connectivity index (χ2n) is 11.3. The lowest BCUT2D eigenvalue weighted by molar-refractivity contribution is -0.142. The van der Waals surface area contributed by atoms with E-state index in [1.807, 2.05) is 62.5 Å². The molecule has 4 atom stereocenters. The number of aromatic amines is 2. The third-order valence-corrected chi connectivity index (χ3v) is 7.30. The minimum absolute atomic E-state index is 0.0204. The highest BCUT2D eigenvalue weighted by Crippen LogP contribution is 2.19. The molecule has 2 aromatic carbocycles. The number of imidazole rings is 1. The van der Waals surface area contributed by atoms with Crippen LogP contribution in [0.5, 0.6) is 0 Å². The maximum atomic E-state index is 13.6. The normalized spacial score (nSPS) is 14.0. The third-order valence-electron chi connectivity index (χ3n) is 7.30. The Bertz CT molecular complexity index is 1550. The zero-order valence-electron chi connectivity index (χ0n) is 24.7. The maximum absolute atomic E-state index is 13.6. The van der Waals surface area contributed by atoms with E-state index in [0.29, 0.717) is 12.1 Å². The van der Waals surface area contributed by atoms with Crippen molar-refractivity contribution in [3.05, 3.63) is 90.1 Å². The number of H-pyrrole nitrogens is 2. The van der Waals surface area contributed by atoms with Crippen LogP contribution in [-0.4, -0.2) is 67.9 Å². The average molecular weight is 602 g/mol. The Kier molecular flexibility index (Phi) is 10.9. The van der Waals surface area contributed by atoms with Gasteiger partial charge in [-0.3, -0.25) is 14.4 Å². The van der Waals surface area contributed by atoms with Crippen molar-refractivity contribution in [2.45, 2.75) is 63.7 Å². The van der Waals surface area contributed by atoms with E-state index in [1.165, 1.54) is 12.5 Å². The van der Waals surface area contributed by atoms with E-state index in [2.05, 4.69) is 30.9 Å². The topological polar surface area (TPSA) is 195 Å². The van der Waals surface area contributed by atoms with Gasteiger partial charge >= 0.3 is 5.97 Å². The Morgan fingerprint density at radius 1 is 0.818 bits per heavy atom. The van der Waals surface area contributed by atoms with Crippen molar-refractivity contribution in [1.29, 1.82) is 0 Å². The number of carbonyl (C=O) groups is 4. The summed E-state index contributed by atoms with van der Waals surface area (Å²) < 4.78 is 0. The van der Waals surface area contributed by atoms with Gasteiger partial charge in [0.1, 0.15) is 18.1 Å². The summed E-state index contributed by atoms with van der Waals surface area (Å²) in [7, 11) is 0. The lowest BCUT2D eigenvalue weighted by atomic mass is 9.99. The zero-order valence-corrected chi connectivity index (χ0v) is 24.7. The van der Waals surface area contributed by atoms with Crippen molar-refractivity contribution in [2.24, 2.45) is 11.7 Å². The quantitative estimate of drug-likeness (QED) is 0.108. The van der Waals surface area contributed by atoms with Crippen molar-refractivity contribution in [3.63, 3.8) is 0 Å². The number of para-hydroxylation sites is 1. The van der Waals surface area contributed by atoms with E-state index in [-0.39, 0.29) is 25.2 Å². The highest BCUT2D eigenvalue weighted by Gasteiger charge is 2.31. The molecule has 0 aliphatic rings. The molecule has 0 saturated carbocycles. The number of hydrogen-bond donors (Lipinski definition) is 7. The molecule has 12 heteroatoms. The van der Waals surface area contributed by atoms with Crippen molar-refractivity contribution in [3.8, 4) is 0 Å². The first-order chi connectivity index (χ1) is 21.1. The number of nitrogens with two attached hydrogens (primary N) is 1. The smallest absolute Gasteiger partial charge is 0.326 e. The van der Waals surface area contributed by atoms with Crippen molar-refractivity contribution in [2.75, 3.05) is 0 Å². The van der Waals surface area contributed by atoms with Crippen LogP contribution in [-0.2, 0) is 38.4 Å². The fraction of sp³-hybridized carbons (Fsp3) is 0.344. The molecule has 4 unspecified atom stereocenters. The summed E-state index contributed by atoms with van der Waals surface area (Å²) in [6, 6.07) is 12.5. The summed E-state index contributed by atoms with van der Waals surface area (Å²) in [5.41, 5.74) is 9.40. The lowest BCUT2D eigenvalue weighted by Crippen LogP contribution is -2.58. The molecule has 0 bridgehead atoms. The Balaban J connectivity index is 1.48. The highest BCUT2D eigenvalue weighted by atomic mass is 16.4. The van der Waals surface area contributed by atoms with Crippen LogP contribution >= 0.6 is 0 Å². The number of benzene rings is 2. The number of aliphatic carboxylic acids is 1. The van der Waals surface area contributed by atoms with Crippen molar-refractivity contribution in [1.82, 2.24) is 30.9 Å². The van der Waals surface area contributed by atoms with Crippen LogP contribution in [0.3, 0.4) is 0 Å². The number of carboxylic acids is 1. The van der Waals surface area contributed by atoms with E-state index in [0.717, 1.165) is 22.0 Å². The molecule has 2 aromatic heterocycles. The minimum Gasteiger partial charge on any atom is -0.480 e. The van der Waals surface area contributed by atoms with Crippen LogP contribution < -0.4 is 21.7 Å². The van der Waals surface area contributed by atoms with Gasteiger partial charge in [-0.1, -0.05) is 62.4 Å². The van der Waals surface area contributed by atoms with Gasteiger partial charge in [-0.25, -0.2) is 9.78 Å². The number of amides is 3. The predicted molar refractivity (Wildman–Crippen MR) is 165 cm³/mol. The molecule has 2 heterocycles. The molecule has 0 fully saturated rings. The first kappa shape index (κ1) is 32.0. The fourth-order valence-corrected chi connectivity index (χ4v) is 5.03. The summed E-state index contributed by atoms with van der Waals surface area (Å²) in [5.74, 6) is -2.93. The number of nitrogens with zero attached hydrogens (tertiary/aromatic N) is 1. The molecule has 0 aliphatic heterocycles. The molecule has 0 radical (unpaired) electrons. The van der Waals surface area contributed by atoms with Gasteiger partial charge < -0.3 is 36.8 Å². The van der Waals surface area contributed by atoms with Crippen LogP contribution in [0.2, 0.25) is 0 Å². The van der Waals surface area contributed by atoms with Gasteiger partial charge in [-0.05, 0) is 36.0 Å². The van der Waals surface area contributed by atoms with Gasteiger partial charge in [0.2, 0.25) is 17.7 Å². The van der Waals surface area contributed by atoms with Crippen LogP contribution in [0.15, 0.2) is 73.3 Å². The number of carboxylic acid groups (broad SMARTS) is 1. The van der Waals surface area contributed by atoms with Crippen LogP contribution in [0.4, 0.5) is 0 Å². The molecule has 0 aliphatic carbocycles. The second-order valence-corrected chi connectivity index (χ2v) is 11.3. The number of fused-ring (bicyclic) bond motifs is 1. The zero-order chi connectivity index (χ0) is 31.6. The standard InChI is InChI=1S/C32H39N7O5/c1-19(2)12-26(37-29(40)24(33)14-21-16-35-25-11-7-6-10-23(21)25)30(41)38-27(13-20-8-4-3-5-9-20)31(42)39-28(32(43)44)15-22-17-34-18-36-22/h3-11,16-19,24,26-28,35H,12-15,33H2,1-2H3,(H,34,36)(H,37,40)(H,38,41)(H,39,42)(H,43,44). The molecule has 0 spiro atoms. The first-order valence-electron chi connectivity index (χ1n) is 14.6. The summed E-state index contributed by atoms with van der Waals surface area (Å²) in [6.07, 6.45) is 5.37. The molecule has 4 rings (SSSR count).